The molecule has 1 aliphatic heterocycles. The third-order valence-corrected chi connectivity index (χ3v) is 6.69. The minimum Gasteiger partial charge on any atom is -0.481 e. The van der Waals surface area contributed by atoms with Crippen molar-refractivity contribution in [3.8, 4) is 5.88 Å². The molecule has 0 unspecified atom stereocenters. The van der Waals surface area contributed by atoms with E-state index in [0.717, 1.165) is 17.0 Å². The molecular weight excluding hydrogens is 499 g/mol. The van der Waals surface area contributed by atoms with Crippen LogP contribution in [0.15, 0.2) is 60.8 Å². The Bertz CT molecular complexity index is 1480. The molecule has 2 amide bonds. The number of carbonyl (C=O) groups is 2. The number of piperidine rings is 1. The smallest absolute Gasteiger partial charge is 0.433 e. The van der Waals surface area contributed by atoms with Crippen LogP contribution in [0.1, 0.15) is 50.7 Å². The molecule has 2 N–H and O–H groups in total. The van der Waals surface area contributed by atoms with Crippen LogP contribution in [0.3, 0.4) is 0 Å². The van der Waals surface area contributed by atoms with Crippen molar-refractivity contribution >= 4 is 28.4 Å². The Kier molecular flexibility index (Phi) is 6.75. The summed E-state index contributed by atoms with van der Waals surface area (Å²) in [5.74, 6) is -0.812. The van der Waals surface area contributed by atoms with Gasteiger partial charge in [-0.2, -0.15) is 18.3 Å². The Morgan fingerprint density at radius 3 is 2.50 bits per heavy atom. The molecule has 38 heavy (non-hydrogen) atoms. The summed E-state index contributed by atoms with van der Waals surface area (Å²) < 4.78 is 44.4. The zero-order valence-corrected chi connectivity index (χ0v) is 20.4. The zero-order chi connectivity index (χ0) is 26.9. The van der Waals surface area contributed by atoms with E-state index in [1.807, 2.05) is 30.3 Å². The van der Waals surface area contributed by atoms with Crippen molar-refractivity contribution in [2.75, 3.05) is 25.5 Å². The van der Waals surface area contributed by atoms with E-state index in [-0.39, 0.29) is 23.3 Å². The fourth-order valence-corrected chi connectivity index (χ4v) is 4.67. The first-order valence-corrected chi connectivity index (χ1v) is 12.0. The molecule has 3 heterocycles. The summed E-state index contributed by atoms with van der Waals surface area (Å²) in [5, 5.41) is 10.6. The Morgan fingerprint density at radius 1 is 1.08 bits per heavy atom. The standard InChI is InChI=1S/C27H24F3N5O3/c1-38-23-14-19(13-22(33-23)27(28,29)30)26(37)35-11-9-17(10-12-35)16-5-7-20(8-6-16)32-25(36)21-4-2-3-18-15-31-34-24(18)21/h2-8,13-15,17H,9-12H2,1H3,(H,31,34)(H,32,36). The summed E-state index contributed by atoms with van der Waals surface area (Å²) in [7, 11) is 1.21. The highest BCUT2D eigenvalue weighted by Crippen LogP contribution is 2.32. The molecule has 4 aromatic rings. The minimum atomic E-state index is -4.69. The normalized spacial score (nSPS) is 14.5. The number of alkyl halides is 3. The van der Waals surface area contributed by atoms with E-state index in [1.54, 1.807) is 23.2 Å². The summed E-state index contributed by atoms with van der Waals surface area (Å²) in [6.45, 7) is 0.810. The summed E-state index contributed by atoms with van der Waals surface area (Å²) >= 11 is 0. The molecule has 0 spiro atoms. The molecule has 1 aliphatic rings. The number of carbonyl (C=O) groups excluding carboxylic acids is 2. The van der Waals surface area contributed by atoms with Gasteiger partial charge in [-0.25, -0.2) is 4.98 Å². The van der Waals surface area contributed by atoms with Gasteiger partial charge in [-0.15, -0.1) is 0 Å². The molecule has 1 fully saturated rings. The lowest BCUT2D eigenvalue weighted by Gasteiger charge is -2.32. The maximum atomic E-state index is 13.2. The molecule has 1 saturated heterocycles. The number of anilines is 1. The second-order valence-corrected chi connectivity index (χ2v) is 9.06. The number of hydrogen-bond donors (Lipinski definition) is 2. The Morgan fingerprint density at radius 2 is 1.82 bits per heavy atom. The average Bonchev–Trinajstić information content (AvgIpc) is 3.41. The molecule has 0 bridgehead atoms. The van der Waals surface area contributed by atoms with Gasteiger partial charge in [0.25, 0.3) is 11.8 Å². The third-order valence-electron chi connectivity index (χ3n) is 6.69. The highest BCUT2D eigenvalue weighted by Gasteiger charge is 2.35. The number of fused-ring (bicyclic) bond motifs is 1. The number of halogens is 3. The number of H-pyrrole nitrogens is 1. The average molecular weight is 524 g/mol. The second kappa shape index (κ2) is 10.2. The van der Waals surface area contributed by atoms with Gasteiger partial charge in [-0.05, 0) is 48.6 Å². The molecule has 0 radical (unpaired) electrons. The van der Waals surface area contributed by atoms with Gasteiger partial charge < -0.3 is 15.0 Å². The van der Waals surface area contributed by atoms with Crippen LogP contribution in [0.4, 0.5) is 18.9 Å². The predicted octanol–water partition coefficient (Wildman–Crippen LogP) is 5.26. The van der Waals surface area contributed by atoms with Gasteiger partial charge in [0.2, 0.25) is 5.88 Å². The van der Waals surface area contributed by atoms with Gasteiger partial charge in [-0.3, -0.25) is 14.7 Å². The highest BCUT2D eigenvalue weighted by atomic mass is 19.4. The fourth-order valence-electron chi connectivity index (χ4n) is 4.67. The number of ether oxygens (including phenoxy) is 1. The molecule has 2 aromatic heterocycles. The van der Waals surface area contributed by atoms with Crippen molar-refractivity contribution in [3.05, 3.63) is 83.2 Å². The lowest BCUT2D eigenvalue weighted by atomic mass is 9.89. The number of hydrogen-bond acceptors (Lipinski definition) is 5. The van der Waals surface area contributed by atoms with Crippen LogP contribution in [0.2, 0.25) is 0 Å². The van der Waals surface area contributed by atoms with Crippen LogP contribution in [0, 0.1) is 0 Å². The largest absolute Gasteiger partial charge is 0.481 e. The van der Waals surface area contributed by atoms with E-state index >= 15 is 0 Å². The van der Waals surface area contributed by atoms with E-state index < -0.39 is 17.8 Å². The maximum Gasteiger partial charge on any atom is 0.433 e. The number of aromatic nitrogens is 3. The number of para-hydroxylation sites is 1. The first-order chi connectivity index (χ1) is 18.2. The molecule has 11 heteroatoms. The Balaban J connectivity index is 1.21. The molecule has 0 aliphatic carbocycles. The lowest BCUT2D eigenvalue weighted by molar-refractivity contribution is -0.141. The molecular formula is C27H24F3N5O3. The number of aromatic amines is 1. The number of amides is 2. The van der Waals surface area contributed by atoms with Gasteiger partial charge in [0.15, 0.2) is 0 Å². The number of nitrogens with one attached hydrogen (secondary N) is 2. The van der Waals surface area contributed by atoms with Crippen molar-refractivity contribution in [2.45, 2.75) is 24.9 Å². The topological polar surface area (TPSA) is 100 Å². The highest BCUT2D eigenvalue weighted by molar-refractivity contribution is 6.11. The molecule has 8 nitrogen and oxygen atoms in total. The van der Waals surface area contributed by atoms with E-state index in [2.05, 4.69) is 20.5 Å². The van der Waals surface area contributed by atoms with E-state index in [9.17, 15) is 22.8 Å². The van der Waals surface area contributed by atoms with Crippen molar-refractivity contribution in [1.82, 2.24) is 20.1 Å². The van der Waals surface area contributed by atoms with Gasteiger partial charge in [-0.1, -0.05) is 24.3 Å². The van der Waals surface area contributed by atoms with Gasteiger partial charge in [0.05, 0.1) is 24.4 Å². The minimum absolute atomic E-state index is 0.103. The molecule has 5 rings (SSSR count). The number of pyridine rings is 1. The summed E-state index contributed by atoms with van der Waals surface area (Å²) in [5.41, 5.74) is 1.61. The van der Waals surface area contributed by atoms with Crippen LogP contribution in [0.25, 0.3) is 10.9 Å². The van der Waals surface area contributed by atoms with Crippen LogP contribution in [-0.2, 0) is 6.18 Å². The lowest BCUT2D eigenvalue weighted by Crippen LogP contribution is -2.38. The first kappa shape index (κ1) is 25.2. The van der Waals surface area contributed by atoms with Gasteiger partial charge >= 0.3 is 6.18 Å². The molecule has 0 atom stereocenters. The monoisotopic (exact) mass is 523 g/mol. The van der Waals surface area contributed by atoms with Crippen LogP contribution < -0.4 is 10.1 Å². The van der Waals surface area contributed by atoms with Crippen molar-refractivity contribution < 1.29 is 27.5 Å². The number of nitrogens with zero attached hydrogens (tertiary/aromatic N) is 3. The molecule has 196 valence electrons. The van der Waals surface area contributed by atoms with Crippen molar-refractivity contribution in [2.24, 2.45) is 0 Å². The van der Waals surface area contributed by atoms with Crippen LogP contribution >= 0.6 is 0 Å². The predicted molar refractivity (Wildman–Crippen MR) is 134 cm³/mol. The SMILES string of the molecule is COc1cc(C(=O)N2CCC(c3ccc(NC(=O)c4cccc5cn[nH]c45)cc3)CC2)cc(C(F)(F)F)n1. The van der Waals surface area contributed by atoms with Crippen LogP contribution in [0.5, 0.6) is 5.88 Å². The Labute approximate surface area is 215 Å². The van der Waals surface area contributed by atoms with Gasteiger partial charge in [0, 0.05) is 35.8 Å². The number of likely N-dealkylation sites (tertiary alicyclic amines) is 1. The first-order valence-electron chi connectivity index (χ1n) is 12.0. The summed E-state index contributed by atoms with van der Waals surface area (Å²) in [6.07, 6.45) is -1.71. The van der Waals surface area contributed by atoms with Crippen LogP contribution in [-0.4, -0.2) is 52.1 Å². The van der Waals surface area contributed by atoms with E-state index in [1.165, 1.54) is 13.2 Å². The molecule has 2 aromatic carbocycles. The summed E-state index contributed by atoms with van der Waals surface area (Å²) in [6, 6.07) is 14.9. The number of methoxy groups -OCH3 is 1. The molecule has 0 saturated carbocycles. The van der Waals surface area contributed by atoms with E-state index in [0.29, 0.717) is 42.7 Å². The zero-order valence-electron chi connectivity index (χ0n) is 20.4. The summed E-state index contributed by atoms with van der Waals surface area (Å²) in [4.78, 5) is 30.7. The number of benzene rings is 2. The van der Waals surface area contributed by atoms with Gasteiger partial charge in [0.1, 0.15) is 5.69 Å². The quantitative estimate of drug-likeness (QED) is 0.372. The Hall–Kier alpha value is -4.41. The number of rotatable bonds is 5. The van der Waals surface area contributed by atoms with Crippen molar-refractivity contribution in [1.29, 1.82) is 0 Å². The fraction of sp³-hybridized carbons (Fsp3) is 0.259. The van der Waals surface area contributed by atoms with E-state index in [4.69, 9.17) is 4.74 Å². The van der Waals surface area contributed by atoms with Crippen molar-refractivity contribution in [3.63, 3.8) is 0 Å². The maximum absolute atomic E-state index is 13.2. The third kappa shape index (κ3) is 5.17. The second-order valence-electron chi connectivity index (χ2n) is 9.06.